The van der Waals surface area contributed by atoms with E-state index < -0.39 is 0 Å². The van der Waals surface area contributed by atoms with Gasteiger partial charge in [-0.15, -0.1) is 10.2 Å². The van der Waals surface area contributed by atoms with Gasteiger partial charge in [-0.3, -0.25) is 9.59 Å². The Morgan fingerprint density at radius 1 is 1.08 bits per heavy atom. The first-order valence-corrected chi connectivity index (χ1v) is 10.0. The summed E-state index contributed by atoms with van der Waals surface area (Å²) in [5.74, 6) is 0.257. The van der Waals surface area contributed by atoms with E-state index in [1.54, 1.807) is 0 Å². The summed E-state index contributed by atoms with van der Waals surface area (Å²) in [4.78, 5) is 24.0. The minimum Gasteiger partial charge on any atom is -0.325 e. The third-order valence-electron chi connectivity index (χ3n) is 3.98. The topological polar surface area (TPSA) is 84.0 Å². The number of anilines is 2. The number of nitrogens with one attached hydrogen (secondary N) is 2. The Morgan fingerprint density at radius 2 is 1.88 bits per heavy atom. The number of amides is 2. The first-order valence-electron chi connectivity index (χ1n) is 8.24. The fourth-order valence-corrected chi connectivity index (χ4v) is 4.07. The Bertz CT molecular complexity index is 963. The molecular weight excluding hydrogens is 368 g/mol. The number of hydrogen-bond donors (Lipinski definition) is 2. The second-order valence-corrected chi connectivity index (χ2v) is 8.20. The van der Waals surface area contributed by atoms with Gasteiger partial charge in [0.25, 0.3) is 0 Å². The first-order chi connectivity index (χ1) is 12.7. The van der Waals surface area contributed by atoms with E-state index in [4.69, 9.17) is 0 Å². The molecule has 0 aliphatic heterocycles. The van der Waals surface area contributed by atoms with Crippen molar-refractivity contribution in [2.24, 2.45) is 5.92 Å². The molecule has 1 heterocycles. The second kappa shape index (κ2) is 7.43. The minimum atomic E-state index is -0.106. The lowest BCUT2D eigenvalue weighted by molar-refractivity contribution is -0.117. The molecule has 1 aliphatic rings. The van der Waals surface area contributed by atoms with Crippen molar-refractivity contribution in [3.8, 4) is 0 Å². The molecule has 0 radical (unpaired) electrons. The number of nitrogens with zero attached hydrogens (tertiary/aromatic N) is 2. The Morgan fingerprint density at radius 3 is 2.73 bits per heavy atom. The average Bonchev–Trinajstić information content (AvgIpc) is 3.41. The summed E-state index contributed by atoms with van der Waals surface area (Å²) < 4.78 is 0.657. The van der Waals surface area contributed by atoms with Gasteiger partial charge in [0.05, 0.1) is 5.75 Å². The van der Waals surface area contributed by atoms with Gasteiger partial charge in [0.15, 0.2) is 4.34 Å². The van der Waals surface area contributed by atoms with Crippen molar-refractivity contribution in [3.05, 3.63) is 42.5 Å². The van der Waals surface area contributed by atoms with E-state index in [0.29, 0.717) is 9.47 Å². The van der Waals surface area contributed by atoms with E-state index >= 15 is 0 Å². The molecule has 0 bridgehead atoms. The van der Waals surface area contributed by atoms with Crippen LogP contribution in [0.3, 0.4) is 0 Å². The van der Waals surface area contributed by atoms with Gasteiger partial charge in [0.1, 0.15) is 0 Å². The largest absolute Gasteiger partial charge is 0.325 e. The standard InChI is InChI=1S/C18H16N4O2S2/c23-15(19-14-7-3-5-11-4-1-2-6-13(11)14)10-25-18-22-21-17(26-18)20-16(24)12-8-9-12/h1-7,12H,8-10H2,(H,19,23)(H,20,21,24). The Hall–Kier alpha value is -2.45. The van der Waals surface area contributed by atoms with Crippen molar-refractivity contribution < 1.29 is 9.59 Å². The molecule has 0 atom stereocenters. The third-order valence-corrected chi connectivity index (χ3v) is 5.95. The zero-order valence-corrected chi connectivity index (χ0v) is 15.4. The lowest BCUT2D eigenvalue weighted by Gasteiger charge is -2.08. The van der Waals surface area contributed by atoms with Crippen LogP contribution in [0.1, 0.15) is 12.8 Å². The fraction of sp³-hybridized carbons (Fsp3) is 0.222. The Balaban J connectivity index is 1.33. The van der Waals surface area contributed by atoms with Crippen LogP contribution in [-0.2, 0) is 9.59 Å². The first kappa shape index (κ1) is 17.0. The SMILES string of the molecule is O=C(CSc1nnc(NC(=O)C2CC2)s1)Nc1cccc2ccccc12. The van der Waals surface area contributed by atoms with Gasteiger partial charge in [-0.25, -0.2) is 0 Å². The van der Waals surface area contributed by atoms with Crippen LogP contribution in [0.2, 0.25) is 0 Å². The molecule has 2 aromatic carbocycles. The van der Waals surface area contributed by atoms with Gasteiger partial charge in [0, 0.05) is 17.0 Å². The number of aromatic nitrogens is 2. The van der Waals surface area contributed by atoms with E-state index in [1.807, 2.05) is 42.5 Å². The van der Waals surface area contributed by atoms with E-state index in [2.05, 4.69) is 20.8 Å². The molecule has 1 fully saturated rings. The molecule has 0 spiro atoms. The summed E-state index contributed by atoms with van der Waals surface area (Å²) in [6.45, 7) is 0. The maximum absolute atomic E-state index is 12.3. The van der Waals surface area contributed by atoms with Crippen molar-refractivity contribution in [2.75, 3.05) is 16.4 Å². The lowest BCUT2D eigenvalue weighted by atomic mass is 10.1. The fourth-order valence-electron chi connectivity index (χ4n) is 2.52. The summed E-state index contributed by atoms with van der Waals surface area (Å²) in [6.07, 6.45) is 1.89. The highest BCUT2D eigenvalue weighted by atomic mass is 32.2. The van der Waals surface area contributed by atoms with E-state index in [-0.39, 0.29) is 23.5 Å². The zero-order valence-electron chi connectivity index (χ0n) is 13.8. The average molecular weight is 384 g/mol. The molecular formula is C18H16N4O2S2. The maximum atomic E-state index is 12.3. The predicted octanol–water partition coefficient (Wildman–Crippen LogP) is 3.77. The number of benzene rings is 2. The Labute approximate surface area is 158 Å². The van der Waals surface area contributed by atoms with E-state index in [9.17, 15) is 9.59 Å². The number of fused-ring (bicyclic) bond motifs is 1. The molecule has 0 unspecified atom stereocenters. The van der Waals surface area contributed by atoms with Gasteiger partial charge in [-0.05, 0) is 24.3 Å². The molecule has 26 heavy (non-hydrogen) atoms. The molecule has 2 amide bonds. The molecule has 3 aromatic rings. The van der Waals surface area contributed by atoms with E-state index in [1.165, 1.54) is 23.1 Å². The number of carbonyl (C=O) groups excluding carboxylic acids is 2. The van der Waals surface area contributed by atoms with E-state index in [0.717, 1.165) is 29.3 Å². The molecule has 1 aromatic heterocycles. The van der Waals surface area contributed by atoms with Crippen LogP contribution in [0.4, 0.5) is 10.8 Å². The predicted molar refractivity (Wildman–Crippen MR) is 105 cm³/mol. The normalized spacial score (nSPS) is 13.5. The van der Waals surface area contributed by atoms with Gasteiger partial charge in [-0.1, -0.05) is 59.5 Å². The van der Waals surface area contributed by atoms with Crippen LogP contribution in [0.15, 0.2) is 46.8 Å². The lowest BCUT2D eigenvalue weighted by Crippen LogP contribution is -2.14. The quantitative estimate of drug-likeness (QED) is 0.499. The number of hydrogen-bond acceptors (Lipinski definition) is 6. The summed E-state index contributed by atoms with van der Waals surface area (Å²) >= 11 is 2.59. The summed E-state index contributed by atoms with van der Waals surface area (Å²) in [5, 5.41) is 16.3. The summed E-state index contributed by atoms with van der Waals surface area (Å²) in [5.41, 5.74) is 0.795. The molecule has 132 valence electrons. The number of rotatable bonds is 6. The molecule has 4 rings (SSSR count). The highest BCUT2D eigenvalue weighted by Gasteiger charge is 2.30. The highest BCUT2D eigenvalue weighted by Crippen LogP contribution is 2.32. The zero-order chi connectivity index (χ0) is 17.9. The second-order valence-electron chi connectivity index (χ2n) is 6.00. The highest BCUT2D eigenvalue weighted by molar-refractivity contribution is 8.01. The van der Waals surface area contributed by atoms with Gasteiger partial charge < -0.3 is 10.6 Å². The van der Waals surface area contributed by atoms with Gasteiger partial charge >= 0.3 is 0 Å². The minimum absolute atomic E-state index is 0.00592. The monoisotopic (exact) mass is 384 g/mol. The van der Waals surface area contributed by atoms with Crippen LogP contribution in [0, 0.1) is 5.92 Å². The summed E-state index contributed by atoms with van der Waals surface area (Å²) in [7, 11) is 0. The van der Waals surface area contributed by atoms with Crippen LogP contribution < -0.4 is 10.6 Å². The summed E-state index contributed by atoms with van der Waals surface area (Å²) in [6, 6.07) is 13.7. The molecule has 6 nitrogen and oxygen atoms in total. The number of thioether (sulfide) groups is 1. The van der Waals surface area contributed by atoms with Crippen molar-refractivity contribution in [2.45, 2.75) is 17.2 Å². The van der Waals surface area contributed by atoms with Crippen LogP contribution in [-0.4, -0.2) is 27.8 Å². The van der Waals surface area contributed by atoms with Crippen LogP contribution in [0.25, 0.3) is 10.8 Å². The molecule has 8 heteroatoms. The molecule has 1 saturated carbocycles. The third kappa shape index (κ3) is 4.03. The van der Waals surface area contributed by atoms with Gasteiger partial charge in [-0.2, -0.15) is 0 Å². The molecule has 2 N–H and O–H groups in total. The van der Waals surface area contributed by atoms with Crippen LogP contribution in [0.5, 0.6) is 0 Å². The number of carbonyl (C=O) groups is 2. The Kier molecular flexibility index (Phi) is 4.85. The smallest absolute Gasteiger partial charge is 0.234 e. The van der Waals surface area contributed by atoms with Crippen molar-refractivity contribution in [1.29, 1.82) is 0 Å². The van der Waals surface area contributed by atoms with Crippen molar-refractivity contribution in [1.82, 2.24) is 10.2 Å². The van der Waals surface area contributed by atoms with Crippen LogP contribution >= 0.6 is 23.1 Å². The molecule has 0 saturated heterocycles. The maximum Gasteiger partial charge on any atom is 0.234 e. The van der Waals surface area contributed by atoms with Gasteiger partial charge in [0.2, 0.25) is 16.9 Å². The molecule has 1 aliphatic carbocycles. The van der Waals surface area contributed by atoms with Crippen molar-refractivity contribution >= 4 is 56.5 Å². The van der Waals surface area contributed by atoms with Crippen molar-refractivity contribution in [3.63, 3.8) is 0 Å².